The van der Waals surface area contributed by atoms with Crippen molar-refractivity contribution in [3.63, 3.8) is 0 Å². The van der Waals surface area contributed by atoms with E-state index in [0.29, 0.717) is 21.3 Å². The molecule has 0 fully saturated rings. The van der Waals surface area contributed by atoms with Crippen LogP contribution in [0.15, 0.2) is 35.3 Å². The third-order valence-corrected chi connectivity index (χ3v) is 4.27. The van der Waals surface area contributed by atoms with Crippen molar-refractivity contribution in [3.8, 4) is 5.75 Å². The summed E-state index contributed by atoms with van der Waals surface area (Å²) in [5.41, 5.74) is 0.674. The van der Waals surface area contributed by atoms with Gasteiger partial charge in [0, 0.05) is 12.4 Å². The Morgan fingerprint density at radius 2 is 2.26 bits per heavy atom. The van der Waals surface area contributed by atoms with E-state index in [1.165, 1.54) is 6.07 Å². The molecule has 2 unspecified atom stereocenters. The summed E-state index contributed by atoms with van der Waals surface area (Å²) >= 11 is 3.37. The van der Waals surface area contributed by atoms with E-state index in [1.807, 2.05) is 6.92 Å². The highest BCUT2D eigenvalue weighted by Gasteiger charge is 2.37. The summed E-state index contributed by atoms with van der Waals surface area (Å²) in [7, 11) is 0. The van der Waals surface area contributed by atoms with E-state index < -0.39 is 12.0 Å². The van der Waals surface area contributed by atoms with E-state index in [2.05, 4.69) is 20.9 Å². The zero-order valence-electron chi connectivity index (χ0n) is 12.7. The Hall–Kier alpha value is -2.15. The fourth-order valence-corrected chi connectivity index (χ4v) is 3.22. The van der Waals surface area contributed by atoms with Gasteiger partial charge in [-0.25, -0.2) is 9.78 Å². The number of Topliss-reactive ketones (excluding diaryl/α,β-unsaturated/α-hetero) is 1. The Morgan fingerprint density at radius 1 is 1.48 bits per heavy atom. The Morgan fingerprint density at radius 3 is 2.91 bits per heavy atom. The molecule has 0 aliphatic carbocycles. The van der Waals surface area contributed by atoms with Gasteiger partial charge in [0.15, 0.2) is 5.78 Å². The number of aromatic nitrogens is 2. The van der Waals surface area contributed by atoms with Crippen molar-refractivity contribution in [2.75, 3.05) is 6.61 Å². The lowest BCUT2D eigenvalue weighted by molar-refractivity contribution is 0.0526. The number of nitrogens with zero attached hydrogens (tertiary/aromatic N) is 2. The van der Waals surface area contributed by atoms with Gasteiger partial charge in [-0.2, -0.15) is 0 Å². The molecule has 7 heteroatoms. The van der Waals surface area contributed by atoms with E-state index in [9.17, 15) is 9.59 Å². The molecular formula is C16H15BrN2O4. The normalized spacial score (nSPS) is 19.9. The van der Waals surface area contributed by atoms with E-state index in [0.717, 1.165) is 0 Å². The van der Waals surface area contributed by atoms with Gasteiger partial charge in [0.1, 0.15) is 17.9 Å². The number of benzene rings is 1. The van der Waals surface area contributed by atoms with Gasteiger partial charge in [-0.3, -0.25) is 4.79 Å². The van der Waals surface area contributed by atoms with Gasteiger partial charge < -0.3 is 14.0 Å². The van der Waals surface area contributed by atoms with Crippen molar-refractivity contribution in [2.24, 2.45) is 0 Å². The first-order valence-electron chi connectivity index (χ1n) is 7.22. The molecular weight excluding hydrogens is 364 g/mol. The van der Waals surface area contributed by atoms with Crippen molar-refractivity contribution in [1.82, 2.24) is 9.55 Å². The highest BCUT2D eigenvalue weighted by atomic mass is 79.9. The molecule has 2 heterocycles. The lowest BCUT2D eigenvalue weighted by atomic mass is 9.94. The monoisotopic (exact) mass is 378 g/mol. The Labute approximate surface area is 141 Å². The van der Waals surface area contributed by atoms with Crippen LogP contribution in [0.1, 0.15) is 40.6 Å². The van der Waals surface area contributed by atoms with Gasteiger partial charge >= 0.3 is 5.97 Å². The van der Waals surface area contributed by atoms with Gasteiger partial charge in [0.25, 0.3) is 0 Å². The maximum absolute atomic E-state index is 12.9. The molecule has 23 heavy (non-hydrogen) atoms. The van der Waals surface area contributed by atoms with Crippen LogP contribution in [0.25, 0.3) is 0 Å². The van der Waals surface area contributed by atoms with Crippen LogP contribution in [0, 0.1) is 0 Å². The molecule has 1 aliphatic rings. The van der Waals surface area contributed by atoms with Crippen LogP contribution in [-0.2, 0) is 4.74 Å². The first-order chi connectivity index (χ1) is 11.0. The minimum Gasteiger partial charge on any atom is -0.486 e. The highest BCUT2D eigenvalue weighted by molar-refractivity contribution is 9.10. The Kier molecular flexibility index (Phi) is 4.21. The van der Waals surface area contributed by atoms with Crippen LogP contribution in [0.3, 0.4) is 0 Å². The molecule has 1 aromatic carbocycles. The third-order valence-electron chi connectivity index (χ3n) is 3.68. The second-order valence-electron chi connectivity index (χ2n) is 5.20. The van der Waals surface area contributed by atoms with Crippen molar-refractivity contribution >= 4 is 27.7 Å². The standard InChI is InChI=1S/C16H15BrN2O4/c1-3-22-16(21)10-6-11-14(20)13(19-5-4-18-8-19)9(2)23-15(11)12(17)7-10/h4-9,13H,3H2,1-2H3. The molecule has 0 saturated carbocycles. The number of hydrogen-bond acceptors (Lipinski definition) is 5. The molecule has 0 spiro atoms. The summed E-state index contributed by atoms with van der Waals surface area (Å²) in [6, 6.07) is 2.61. The number of ether oxygens (including phenoxy) is 2. The predicted octanol–water partition coefficient (Wildman–Crippen LogP) is 3.03. The number of ketones is 1. The second-order valence-corrected chi connectivity index (χ2v) is 6.05. The van der Waals surface area contributed by atoms with Crippen molar-refractivity contribution in [2.45, 2.75) is 26.0 Å². The number of fused-ring (bicyclic) bond motifs is 1. The minimum absolute atomic E-state index is 0.122. The Balaban J connectivity index is 2.06. The molecule has 0 bridgehead atoms. The highest BCUT2D eigenvalue weighted by Crippen LogP contribution is 2.39. The zero-order valence-corrected chi connectivity index (χ0v) is 14.2. The average molecular weight is 379 g/mol. The van der Waals surface area contributed by atoms with Crippen LogP contribution in [-0.4, -0.2) is 34.0 Å². The molecule has 0 N–H and O–H groups in total. The maximum Gasteiger partial charge on any atom is 0.338 e. The van der Waals surface area contributed by atoms with E-state index in [4.69, 9.17) is 9.47 Å². The summed E-state index contributed by atoms with van der Waals surface area (Å²) in [4.78, 5) is 28.8. The quantitative estimate of drug-likeness (QED) is 0.767. The van der Waals surface area contributed by atoms with Gasteiger partial charge in [-0.05, 0) is 41.9 Å². The van der Waals surface area contributed by atoms with E-state index in [-0.39, 0.29) is 18.5 Å². The van der Waals surface area contributed by atoms with E-state index >= 15 is 0 Å². The van der Waals surface area contributed by atoms with Gasteiger partial charge in [-0.15, -0.1) is 0 Å². The van der Waals surface area contributed by atoms with Crippen LogP contribution < -0.4 is 4.74 Å². The number of carbonyl (C=O) groups is 2. The topological polar surface area (TPSA) is 70.4 Å². The minimum atomic E-state index is -0.519. The van der Waals surface area contributed by atoms with Gasteiger partial charge in [-0.1, -0.05) is 0 Å². The molecule has 1 aliphatic heterocycles. The number of halogens is 1. The summed E-state index contributed by atoms with van der Waals surface area (Å²) in [6.45, 7) is 3.83. The largest absolute Gasteiger partial charge is 0.486 e. The molecule has 6 nitrogen and oxygen atoms in total. The average Bonchev–Trinajstić information content (AvgIpc) is 3.02. The fraction of sp³-hybridized carbons (Fsp3) is 0.312. The first-order valence-corrected chi connectivity index (χ1v) is 8.01. The first kappa shape index (κ1) is 15.7. The van der Waals surface area contributed by atoms with Crippen LogP contribution in [0.2, 0.25) is 0 Å². The summed E-state index contributed by atoms with van der Waals surface area (Å²) < 4.78 is 13.2. The van der Waals surface area contributed by atoms with E-state index in [1.54, 1.807) is 36.3 Å². The molecule has 0 radical (unpaired) electrons. The van der Waals surface area contributed by atoms with Crippen LogP contribution in [0.5, 0.6) is 5.75 Å². The van der Waals surface area contributed by atoms with Crippen LogP contribution in [0.4, 0.5) is 0 Å². The van der Waals surface area contributed by atoms with Gasteiger partial charge in [0.05, 0.1) is 28.5 Å². The molecule has 2 aromatic rings. The molecule has 120 valence electrons. The Bertz CT molecular complexity index is 758. The third kappa shape index (κ3) is 2.76. The molecule has 3 rings (SSSR count). The SMILES string of the molecule is CCOC(=O)c1cc(Br)c2c(c1)C(=O)C(n1ccnc1)C(C)O2. The summed E-state index contributed by atoms with van der Waals surface area (Å²) in [6.07, 6.45) is 4.56. The van der Waals surface area contributed by atoms with Gasteiger partial charge in [0.2, 0.25) is 0 Å². The van der Waals surface area contributed by atoms with Crippen molar-refractivity contribution < 1.29 is 19.1 Å². The number of imidazole rings is 1. The molecule has 1 aromatic heterocycles. The fourth-order valence-electron chi connectivity index (χ4n) is 2.66. The summed E-state index contributed by atoms with van der Waals surface area (Å²) in [5, 5.41) is 0. The van der Waals surface area contributed by atoms with Crippen molar-refractivity contribution in [3.05, 3.63) is 46.5 Å². The molecule has 0 saturated heterocycles. The second kappa shape index (κ2) is 6.16. The maximum atomic E-state index is 12.9. The predicted molar refractivity (Wildman–Crippen MR) is 85.8 cm³/mol. The number of carbonyl (C=O) groups excluding carboxylic acids is 2. The number of hydrogen-bond donors (Lipinski definition) is 0. The van der Waals surface area contributed by atoms with Crippen molar-refractivity contribution in [1.29, 1.82) is 0 Å². The number of esters is 1. The lowest BCUT2D eigenvalue weighted by Crippen LogP contribution is -2.37. The van der Waals surface area contributed by atoms with Crippen LogP contribution >= 0.6 is 15.9 Å². The number of rotatable bonds is 3. The molecule has 0 amide bonds. The zero-order chi connectivity index (χ0) is 16.6. The lowest BCUT2D eigenvalue weighted by Gasteiger charge is -2.31. The molecule has 2 atom stereocenters. The summed E-state index contributed by atoms with van der Waals surface area (Å²) in [5.74, 6) is -0.142. The smallest absolute Gasteiger partial charge is 0.338 e.